The second-order valence-electron chi connectivity index (χ2n) is 11.3. The number of benzene rings is 2. The van der Waals surface area contributed by atoms with E-state index in [0.29, 0.717) is 34.6 Å². The lowest BCUT2D eigenvalue weighted by atomic mass is 9.81. The maximum Gasteiger partial charge on any atom is 0.304 e. The molecule has 198 valence electrons. The quantitative estimate of drug-likeness (QED) is 0.393. The molecular formula is C29H31ClFN5O2. The van der Waals surface area contributed by atoms with E-state index in [1.165, 1.54) is 41.7 Å². The number of rotatable bonds is 7. The maximum atomic E-state index is 14.2. The lowest BCUT2D eigenvalue weighted by molar-refractivity contribution is -0.138. The van der Waals surface area contributed by atoms with Gasteiger partial charge in [0.25, 0.3) is 0 Å². The molecule has 38 heavy (non-hydrogen) atoms. The molecule has 0 spiro atoms. The fourth-order valence-corrected chi connectivity index (χ4v) is 6.06. The Morgan fingerprint density at radius 1 is 1.26 bits per heavy atom. The Labute approximate surface area is 226 Å². The molecule has 1 unspecified atom stereocenters. The molecule has 3 heterocycles. The molecule has 6 rings (SSSR count). The Kier molecular flexibility index (Phi) is 6.27. The van der Waals surface area contributed by atoms with E-state index in [1.807, 2.05) is 11.8 Å². The number of carboxylic acids is 1. The summed E-state index contributed by atoms with van der Waals surface area (Å²) in [6, 6.07) is 9.04. The highest BCUT2D eigenvalue weighted by atomic mass is 35.5. The minimum atomic E-state index is -0.943. The Hall–Kier alpha value is -3.23. The predicted molar refractivity (Wildman–Crippen MR) is 146 cm³/mol. The summed E-state index contributed by atoms with van der Waals surface area (Å²) in [7, 11) is 2.14. The minimum Gasteiger partial charge on any atom is -0.481 e. The van der Waals surface area contributed by atoms with Gasteiger partial charge in [-0.05, 0) is 85.2 Å². The van der Waals surface area contributed by atoms with E-state index in [4.69, 9.17) is 16.6 Å². The topological polar surface area (TPSA) is 81.6 Å². The largest absolute Gasteiger partial charge is 0.481 e. The van der Waals surface area contributed by atoms with Gasteiger partial charge < -0.3 is 20.2 Å². The SMILES string of the molecule is CN1CCc2cc(CC3CC3)c(Nc3ncc(Cl)c(N4CC(C)(CC(=O)O)c5cc(F)ccc54)n3)cc2C1. The molecule has 9 heteroatoms. The van der Waals surface area contributed by atoms with Crippen molar-refractivity contribution in [1.29, 1.82) is 0 Å². The second-order valence-corrected chi connectivity index (χ2v) is 11.7. The van der Waals surface area contributed by atoms with Crippen molar-refractivity contribution in [2.75, 3.05) is 30.4 Å². The van der Waals surface area contributed by atoms with E-state index >= 15 is 0 Å². The van der Waals surface area contributed by atoms with Gasteiger partial charge in [-0.25, -0.2) is 9.37 Å². The molecule has 2 aromatic carbocycles. The predicted octanol–water partition coefficient (Wildman–Crippen LogP) is 5.84. The fraction of sp³-hybridized carbons (Fsp3) is 0.414. The van der Waals surface area contributed by atoms with Crippen molar-refractivity contribution in [2.24, 2.45) is 5.92 Å². The Morgan fingerprint density at radius 3 is 2.84 bits per heavy atom. The van der Waals surface area contributed by atoms with E-state index in [0.717, 1.165) is 37.5 Å². The first-order valence-electron chi connectivity index (χ1n) is 13.1. The molecule has 2 aliphatic heterocycles. The number of aromatic nitrogens is 2. The number of aliphatic carboxylic acids is 1. The van der Waals surface area contributed by atoms with Crippen LogP contribution in [0.5, 0.6) is 0 Å². The van der Waals surface area contributed by atoms with E-state index < -0.39 is 17.2 Å². The van der Waals surface area contributed by atoms with Gasteiger partial charge in [-0.2, -0.15) is 4.98 Å². The number of halogens is 2. The summed E-state index contributed by atoms with van der Waals surface area (Å²) in [4.78, 5) is 25.2. The molecule has 0 radical (unpaired) electrons. The standard InChI is InChI=1S/C29H31ClFN5O2/c1-29(13-26(37)38)16-36(25-6-5-21(31)12-22(25)29)27-23(30)14-32-28(34-27)33-24-11-20-15-35(2)8-7-18(20)10-19(24)9-17-3-4-17/h5-6,10-12,14,17H,3-4,7-9,13,15-16H2,1-2H3,(H,37,38)(H,32,33,34). The van der Waals surface area contributed by atoms with Crippen LogP contribution in [0.4, 0.5) is 27.5 Å². The van der Waals surface area contributed by atoms with Gasteiger partial charge in [0.15, 0.2) is 5.82 Å². The Morgan fingerprint density at radius 2 is 2.08 bits per heavy atom. The van der Waals surface area contributed by atoms with Gasteiger partial charge in [-0.3, -0.25) is 4.79 Å². The average molecular weight is 536 g/mol. The lowest BCUT2D eigenvalue weighted by Gasteiger charge is -2.27. The summed E-state index contributed by atoms with van der Waals surface area (Å²) in [6.45, 7) is 4.12. The zero-order valence-corrected chi connectivity index (χ0v) is 22.4. The lowest BCUT2D eigenvalue weighted by Crippen LogP contribution is -2.31. The highest BCUT2D eigenvalue weighted by Gasteiger charge is 2.42. The number of carbonyl (C=O) groups is 1. The zero-order valence-electron chi connectivity index (χ0n) is 21.6. The summed E-state index contributed by atoms with van der Waals surface area (Å²) >= 11 is 6.60. The van der Waals surface area contributed by atoms with E-state index in [-0.39, 0.29) is 6.42 Å². The summed E-state index contributed by atoms with van der Waals surface area (Å²) < 4.78 is 14.2. The van der Waals surface area contributed by atoms with Gasteiger partial charge in [-0.15, -0.1) is 0 Å². The summed E-state index contributed by atoms with van der Waals surface area (Å²) in [5, 5.41) is 13.4. The van der Waals surface area contributed by atoms with Gasteiger partial charge in [-0.1, -0.05) is 24.6 Å². The molecule has 0 bridgehead atoms. The van der Waals surface area contributed by atoms with Gasteiger partial charge in [0.1, 0.15) is 10.8 Å². The normalized spacial score (nSPS) is 20.8. The Bertz CT molecular complexity index is 1430. The number of anilines is 4. The summed E-state index contributed by atoms with van der Waals surface area (Å²) in [5.41, 5.74) is 5.57. The molecule has 1 atom stereocenters. The van der Waals surface area contributed by atoms with Gasteiger partial charge >= 0.3 is 5.97 Å². The van der Waals surface area contributed by atoms with Crippen LogP contribution in [0.25, 0.3) is 0 Å². The number of hydrogen-bond acceptors (Lipinski definition) is 6. The van der Waals surface area contributed by atoms with Gasteiger partial charge in [0, 0.05) is 36.4 Å². The number of likely N-dealkylation sites (N-methyl/N-ethyl adjacent to an activating group) is 1. The average Bonchev–Trinajstić information content (AvgIpc) is 3.63. The summed E-state index contributed by atoms with van der Waals surface area (Å²) in [6.07, 6.45) is 6.05. The zero-order chi connectivity index (χ0) is 26.6. The third-order valence-corrected chi connectivity index (χ3v) is 8.28. The smallest absolute Gasteiger partial charge is 0.304 e. The number of carboxylic acid groups (broad SMARTS) is 1. The minimum absolute atomic E-state index is 0.137. The van der Waals surface area contributed by atoms with E-state index in [9.17, 15) is 14.3 Å². The first-order chi connectivity index (χ1) is 18.2. The second kappa shape index (κ2) is 9.50. The third kappa shape index (κ3) is 4.83. The molecule has 1 aliphatic carbocycles. The Balaban J connectivity index is 1.36. The molecule has 3 aliphatic rings. The van der Waals surface area contributed by atoms with Crippen LogP contribution in [0.15, 0.2) is 36.5 Å². The van der Waals surface area contributed by atoms with Crippen molar-refractivity contribution in [1.82, 2.24) is 14.9 Å². The van der Waals surface area contributed by atoms with Crippen LogP contribution in [0, 0.1) is 11.7 Å². The van der Waals surface area contributed by atoms with Crippen LogP contribution in [0.2, 0.25) is 5.02 Å². The number of fused-ring (bicyclic) bond motifs is 2. The van der Waals surface area contributed by atoms with Crippen molar-refractivity contribution < 1.29 is 14.3 Å². The van der Waals surface area contributed by atoms with Crippen LogP contribution >= 0.6 is 11.6 Å². The summed E-state index contributed by atoms with van der Waals surface area (Å²) in [5.74, 6) is 0.269. The number of hydrogen-bond donors (Lipinski definition) is 2. The van der Waals surface area contributed by atoms with E-state index in [1.54, 1.807) is 12.3 Å². The van der Waals surface area contributed by atoms with Crippen molar-refractivity contribution in [3.05, 3.63) is 69.6 Å². The van der Waals surface area contributed by atoms with Crippen LogP contribution in [-0.2, 0) is 29.6 Å². The first kappa shape index (κ1) is 25.1. The van der Waals surface area contributed by atoms with Gasteiger partial charge in [0.2, 0.25) is 5.95 Å². The molecule has 3 aromatic rings. The highest BCUT2D eigenvalue weighted by molar-refractivity contribution is 6.33. The highest BCUT2D eigenvalue weighted by Crippen LogP contribution is 2.47. The van der Waals surface area contributed by atoms with Crippen LogP contribution in [-0.4, -0.2) is 46.1 Å². The van der Waals surface area contributed by atoms with Crippen molar-refractivity contribution in [3.8, 4) is 0 Å². The third-order valence-electron chi connectivity index (χ3n) is 8.01. The van der Waals surface area contributed by atoms with Crippen molar-refractivity contribution in [2.45, 2.75) is 51.0 Å². The number of nitrogens with one attached hydrogen (secondary N) is 1. The number of nitrogens with zero attached hydrogens (tertiary/aromatic N) is 4. The van der Waals surface area contributed by atoms with Crippen LogP contribution in [0.1, 0.15) is 48.4 Å². The van der Waals surface area contributed by atoms with Gasteiger partial charge in [0.05, 0.1) is 12.6 Å². The maximum absolute atomic E-state index is 14.2. The van der Waals surface area contributed by atoms with Crippen LogP contribution < -0.4 is 10.2 Å². The van der Waals surface area contributed by atoms with E-state index in [2.05, 4.69) is 34.4 Å². The molecular weight excluding hydrogens is 505 g/mol. The molecule has 0 amide bonds. The monoisotopic (exact) mass is 535 g/mol. The molecule has 1 fully saturated rings. The molecule has 0 saturated heterocycles. The molecule has 2 N–H and O–H groups in total. The molecule has 7 nitrogen and oxygen atoms in total. The molecule has 1 saturated carbocycles. The molecule has 1 aromatic heterocycles. The van der Waals surface area contributed by atoms with Crippen molar-refractivity contribution in [3.63, 3.8) is 0 Å². The fourth-order valence-electron chi connectivity index (χ4n) is 5.87. The van der Waals surface area contributed by atoms with Crippen LogP contribution in [0.3, 0.4) is 0 Å². The first-order valence-corrected chi connectivity index (χ1v) is 13.5. The van der Waals surface area contributed by atoms with Crippen molar-refractivity contribution >= 4 is 40.7 Å².